The first-order chi connectivity index (χ1) is 40.0. The second-order valence-electron chi connectivity index (χ2n) is 19.1. The monoisotopic (exact) mass is 1100 g/mol. The highest BCUT2D eigenvalue weighted by Gasteiger charge is 2.19. The number of carbonyl (C=O) groups is 3. The predicted molar refractivity (Wildman–Crippen MR) is 352 cm³/mol. The maximum absolute atomic E-state index is 12.9. The minimum atomic E-state index is -0.871. The lowest BCUT2D eigenvalue weighted by Gasteiger charge is -2.18. The summed E-state index contributed by atoms with van der Waals surface area (Å²) in [5.41, 5.74) is 0. The van der Waals surface area contributed by atoms with Gasteiger partial charge in [0.15, 0.2) is 6.10 Å². The van der Waals surface area contributed by atoms with Gasteiger partial charge in [0.25, 0.3) is 0 Å². The molecule has 0 aromatic carbocycles. The molecule has 1 atom stereocenters. The van der Waals surface area contributed by atoms with Crippen LogP contribution >= 0.6 is 0 Å². The molecule has 0 heterocycles. The standard InChI is InChI=1S/C75H108O6/c1-4-7-10-13-16-19-22-25-27-29-31-33-34-35-36-37-38-39-40-42-43-45-47-50-53-56-59-62-65-68-74(77)80-71-72(70-79-73(76)67-64-61-58-55-52-49-24-21-18-15-12-9-6-3)81-75(78)69-66-63-60-57-54-51-48-46-44-41-32-30-28-26-23-20-17-14-11-8-5-2/h7-12,16-21,25-28,31-33,35-36,38-39,41-43,46-50,52,54,56-59,61,72H,4-6,13-15,22-24,29-30,34,37,40,44-45,51,53,55,60,62-71H2,1-3H3/b10-7-,11-8-,12-9-,19-16-,20-17-,21-18-,27-25-,28-26-,33-31-,36-35-,39-38-,41-32-,43-42-,48-46-,50-47-,52-49-,57-54-,59-56-,61-58-. The highest BCUT2D eigenvalue weighted by Crippen LogP contribution is 2.09. The second kappa shape index (κ2) is 66.0. The fourth-order valence-corrected chi connectivity index (χ4v) is 7.16. The lowest BCUT2D eigenvalue weighted by Crippen LogP contribution is -2.30. The van der Waals surface area contributed by atoms with Crippen molar-refractivity contribution in [3.8, 4) is 0 Å². The van der Waals surface area contributed by atoms with Gasteiger partial charge in [-0.3, -0.25) is 14.4 Å². The Bertz CT molecular complexity index is 2090. The molecule has 0 aliphatic heterocycles. The number of hydrogen-bond donors (Lipinski definition) is 0. The first-order valence-corrected chi connectivity index (χ1v) is 30.9. The molecule has 0 aliphatic rings. The van der Waals surface area contributed by atoms with Crippen LogP contribution in [0, 0.1) is 0 Å². The molecule has 0 aromatic heterocycles. The molecule has 6 nitrogen and oxygen atoms in total. The number of allylic oxidation sites excluding steroid dienone is 38. The van der Waals surface area contributed by atoms with Gasteiger partial charge in [-0.05, 0) is 161 Å². The van der Waals surface area contributed by atoms with Crippen molar-refractivity contribution in [2.45, 2.75) is 207 Å². The van der Waals surface area contributed by atoms with Crippen molar-refractivity contribution in [1.29, 1.82) is 0 Å². The molecule has 0 aromatic rings. The summed E-state index contributed by atoms with van der Waals surface area (Å²) in [6.45, 7) is 6.11. The molecule has 1 unspecified atom stereocenters. The highest BCUT2D eigenvalue weighted by atomic mass is 16.6. The molecule has 0 amide bonds. The molecule has 0 bridgehead atoms. The summed E-state index contributed by atoms with van der Waals surface area (Å²) in [7, 11) is 0. The van der Waals surface area contributed by atoms with Gasteiger partial charge in [0.1, 0.15) is 13.2 Å². The van der Waals surface area contributed by atoms with Crippen LogP contribution in [0.2, 0.25) is 0 Å². The molecule has 0 radical (unpaired) electrons. The molecule has 0 aliphatic carbocycles. The second-order valence-corrected chi connectivity index (χ2v) is 19.1. The third-order valence-electron chi connectivity index (χ3n) is 11.7. The number of rotatable bonds is 52. The summed E-state index contributed by atoms with van der Waals surface area (Å²) >= 11 is 0. The summed E-state index contributed by atoms with van der Waals surface area (Å²) in [6.07, 6.45) is 105. The van der Waals surface area contributed by atoms with Crippen LogP contribution in [0.3, 0.4) is 0 Å². The van der Waals surface area contributed by atoms with Crippen LogP contribution in [-0.2, 0) is 28.6 Å². The molecule has 444 valence electrons. The zero-order chi connectivity index (χ0) is 58.5. The SMILES string of the molecule is CC/C=C\C/C=C\C/C=C\C/C=C\C/C=C\C/C=C\C/C=C\C/C=C\C/C=C\CCCC(=O)OCC(COC(=O)CC/C=C\C/C=C\C/C=C\C/C=C\CC)OC(=O)CCCC/C=C\C/C=C\C/C=C\C/C=C\C/C=C\C/C=C\CC. The van der Waals surface area contributed by atoms with E-state index in [2.05, 4.69) is 240 Å². The Balaban J connectivity index is 4.62. The zero-order valence-electron chi connectivity index (χ0n) is 50.7. The third-order valence-corrected chi connectivity index (χ3v) is 11.7. The minimum Gasteiger partial charge on any atom is -0.462 e. The summed E-state index contributed by atoms with van der Waals surface area (Å²) in [5, 5.41) is 0. The van der Waals surface area contributed by atoms with Gasteiger partial charge in [0, 0.05) is 19.3 Å². The maximum Gasteiger partial charge on any atom is 0.306 e. The van der Waals surface area contributed by atoms with Crippen molar-refractivity contribution in [2.75, 3.05) is 13.2 Å². The van der Waals surface area contributed by atoms with Crippen molar-refractivity contribution >= 4 is 17.9 Å². The Morgan fingerprint density at radius 3 is 0.753 bits per heavy atom. The smallest absolute Gasteiger partial charge is 0.306 e. The van der Waals surface area contributed by atoms with Crippen molar-refractivity contribution in [3.05, 3.63) is 231 Å². The topological polar surface area (TPSA) is 78.9 Å². The van der Waals surface area contributed by atoms with E-state index < -0.39 is 18.0 Å². The van der Waals surface area contributed by atoms with Crippen molar-refractivity contribution in [3.63, 3.8) is 0 Å². The van der Waals surface area contributed by atoms with Crippen molar-refractivity contribution in [2.24, 2.45) is 0 Å². The molecule has 81 heavy (non-hydrogen) atoms. The molecule has 0 saturated carbocycles. The van der Waals surface area contributed by atoms with Crippen LogP contribution in [0.15, 0.2) is 231 Å². The molecule has 6 heteroatoms. The summed E-state index contributed by atoms with van der Waals surface area (Å²) in [5.74, 6) is -1.16. The molecular formula is C75H108O6. The quantitative estimate of drug-likeness (QED) is 0.0261. The number of ether oxygens (including phenoxy) is 3. The van der Waals surface area contributed by atoms with Crippen LogP contribution < -0.4 is 0 Å². The third kappa shape index (κ3) is 64.2. The van der Waals surface area contributed by atoms with E-state index >= 15 is 0 Å². The van der Waals surface area contributed by atoms with Crippen LogP contribution in [0.5, 0.6) is 0 Å². The van der Waals surface area contributed by atoms with Crippen LogP contribution in [0.1, 0.15) is 201 Å². The van der Waals surface area contributed by atoms with E-state index in [1.54, 1.807) is 0 Å². The van der Waals surface area contributed by atoms with Gasteiger partial charge in [-0.25, -0.2) is 0 Å². The lowest BCUT2D eigenvalue weighted by molar-refractivity contribution is -0.166. The van der Waals surface area contributed by atoms with Crippen LogP contribution in [0.4, 0.5) is 0 Å². The van der Waals surface area contributed by atoms with E-state index in [-0.39, 0.29) is 38.4 Å². The average molecular weight is 1110 g/mol. The number of hydrogen-bond acceptors (Lipinski definition) is 6. The van der Waals surface area contributed by atoms with Crippen LogP contribution in [-0.4, -0.2) is 37.2 Å². The Hall–Kier alpha value is -6.53. The predicted octanol–water partition coefficient (Wildman–Crippen LogP) is 21.5. The van der Waals surface area contributed by atoms with E-state index in [0.717, 1.165) is 141 Å². The van der Waals surface area contributed by atoms with E-state index in [0.29, 0.717) is 19.3 Å². The van der Waals surface area contributed by atoms with Gasteiger partial charge in [-0.15, -0.1) is 0 Å². The molecule has 0 saturated heterocycles. The van der Waals surface area contributed by atoms with E-state index in [1.165, 1.54) is 0 Å². The van der Waals surface area contributed by atoms with E-state index in [4.69, 9.17) is 14.2 Å². The first-order valence-electron chi connectivity index (χ1n) is 30.9. The van der Waals surface area contributed by atoms with Crippen molar-refractivity contribution < 1.29 is 28.6 Å². The van der Waals surface area contributed by atoms with Gasteiger partial charge in [0.2, 0.25) is 0 Å². The minimum absolute atomic E-state index is 0.163. The van der Waals surface area contributed by atoms with Crippen LogP contribution in [0.25, 0.3) is 0 Å². The van der Waals surface area contributed by atoms with Gasteiger partial charge in [0.05, 0.1) is 0 Å². The summed E-state index contributed by atoms with van der Waals surface area (Å²) in [6, 6.07) is 0. The molecule has 0 rings (SSSR count). The van der Waals surface area contributed by atoms with Gasteiger partial charge in [-0.2, -0.15) is 0 Å². The Kier molecular flexibility index (Phi) is 60.7. The Morgan fingerprint density at radius 1 is 0.247 bits per heavy atom. The van der Waals surface area contributed by atoms with Crippen molar-refractivity contribution in [1.82, 2.24) is 0 Å². The average Bonchev–Trinajstić information content (AvgIpc) is 3.46. The number of carbonyl (C=O) groups excluding carboxylic acids is 3. The molecule has 0 spiro atoms. The van der Waals surface area contributed by atoms with Gasteiger partial charge < -0.3 is 14.2 Å². The first kappa shape index (κ1) is 74.5. The largest absolute Gasteiger partial charge is 0.462 e. The summed E-state index contributed by atoms with van der Waals surface area (Å²) in [4.78, 5) is 38.2. The van der Waals surface area contributed by atoms with Gasteiger partial charge in [-0.1, -0.05) is 252 Å². The maximum atomic E-state index is 12.9. The Morgan fingerprint density at radius 2 is 0.469 bits per heavy atom. The number of esters is 3. The molecule has 0 N–H and O–H groups in total. The lowest BCUT2D eigenvalue weighted by atomic mass is 10.2. The fraction of sp³-hybridized carbons (Fsp3) is 0.453. The zero-order valence-corrected chi connectivity index (χ0v) is 50.7. The fourth-order valence-electron chi connectivity index (χ4n) is 7.16. The van der Waals surface area contributed by atoms with E-state index in [9.17, 15) is 14.4 Å². The normalized spacial score (nSPS) is 13.8. The van der Waals surface area contributed by atoms with Gasteiger partial charge >= 0.3 is 17.9 Å². The highest BCUT2D eigenvalue weighted by molar-refractivity contribution is 5.71. The number of unbranched alkanes of at least 4 members (excludes halogenated alkanes) is 3. The molecule has 0 fully saturated rings. The summed E-state index contributed by atoms with van der Waals surface area (Å²) < 4.78 is 16.7. The van der Waals surface area contributed by atoms with E-state index in [1.807, 2.05) is 12.2 Å². The molecular weight excluding hydrogens is 997 g/mol. The Labute approximate surface area is 494 Å².